The Bertz CT molecular complexity index is 928. The SMILES string of the molecule is CN1CCN(Cc2ccc(NC(=O)c3cccc(Cn4ccnc4)c3)cc2)CC1. The van der Waals surface area contributed by atoms with E-state index in [1.165, 1.54) is 5.56 Å². The van der Waals surface area contributed by atoms with E-state index in [-0.39, 0.29) is 5.91 Å². The molecule has 4 rings (SSSR count). The fraction of sp³-hybridized carbons (Fsp3) is 0.304. The summed E-state index contributed by atoms with van der Waals surface area (Å²) in [6.45, 7) is 6.09. The number of carbonyl (C=O) groups is 1. The molecule has 1 amide bonds. The third-order valence-corrected chi connectivity index (χ3v) is 5.33. The number of anilines is 1. The highest BCUT2D eigenvalue weighted by Gasteiger charge is 2.14. The molecule has 0 saturated carbocycles. The fourth-order valence-electron chi connectivity index (χ4n) is 3.56. The number of likely N-dealkylation sites (N-methyl/N-ethyl adjacent to an activating group) is 1. The van der Waals surface area contributed by atoms with Gasteiger partial charge < -0.3 is 14.8 Å². The number of carbonyl (C=O) groups excluding carboxylic acids is 1. The molecule has 1 aliphatic rings. The van der Waals surface area contributed by atoms with Crippen LogP contribution in [0.3, 0.4) is 0 Å². The molecule has 1 fully saturated rings. The number of rotatable bonds is 6. The first-order valence-electron chi connectivity index (χ1n) is 10.0. The topological polar surface area (TPSA) is 53.4 Å². The van der Waals surface area contributed by atoms with Gasteiger partial charge >= 0.3 is 0 Å². The van der Waals surface area contributed by atoms with Crippen LogP contribution in [0.1, 0.15) is 21.5 Å². The van der Waals surface area contributed by atoms with E-state index in [0.717, 1.165) is 44.0 Å². The van der Waals surface area contributed by atoms with Crippen LogP contribution in [0.4, 0.5) is 5.69 Å². The summed E-state index contributed by atoms with van der Waals surface area (Å²) in [7, 11) is 2.17. The first kappa shape index (κ1) is 19.4. The summed E-state index contributed by atoms with van der Waals surface area (Å²) in [6.07, 6.45) is 5.44. The second-order valence-electron chi connectivity index (χ2n) is 7.67. The van der Waals surface area contributed by atoms with Crippen molar-refractivity contribution >= 4 is 11.6 Å². The second-order valence-corrected chi connectivity index (χ2v) is 7.67. The zero-order valence-electron chi connectivity index (χ0n) is 16.8. The molecule has 2 heterocycles. The van der Waals surface area contributed by atoms with Gasteiger partial charge in [-0.3, -0.25) is 9.69 Å². The number of amides is 1. The monoisotopic (exact) mass is 389 g/mol. The molecule has 29 heavy (non-hydrogen) atoms. The van der Waals surface area contributed by atoms with Gasteiger partial charge in [-0.05, 0) is 42.4 Å². The molecule has 0 atom stereocenters. The van der Waals surface area contributed by atoms with Crippen molar-refractivity contribution in [3.8, 4) is 0 Å². The average molecular weight is 390 g/mol. The van der Waals surface area contributed by atoms with E-state index in [4.69, 9.17) is 0 Å². The van der Waals surface area contributed by atoms with Crippen LogP contribution in [0, 0.1) is 0 Å². The number of piperazine rings is 1. The molecular formula is C23H27N5O. The summed E-state index contributed by atoms with van der Waals surface area (Å²) >= 11 is 0. The number of hydrogen-bond acceptors (Lipinski definition) is 4. The number of nitrogens with zero attached hydrogens (tertiary/aromatic N) is 4. The van der Waals surface area contributed by atoms with Crippen LogP contribution in [-0.4, -0.2) is 58.5 Å². The van der Waals surface area contributed by atoms with E-state index in [9.17, 15) is 4.79 Å². The van der Waals surface area contributed by atoms with Gasteiger partial charge in [0.25, 0.3) is 5.91 Å². The lowest BCUT2D eigenvalue weighted by molar-refractivity contribution is 0.102. The van der Waals surface area contributed by atoms with Crippen LogP contribution in [-0.2, 0) is 13.1 Å². The summed E-state index contributed by atoms with van der Waals surface area (Å²) in [5, 5.41) is 3.00. The summed E-state index contributed by atoms with van der Waals surface area (Å²) in [5.41, 5.74) is 3.81. The van der Waals surface area contributed by atoms with Crippen molar-refractivity contribution in [2.75, 3.05) is 38.5 Å². The fourth-order valence-corrected chi connectivity index (χ4v) is 3.56. The molecule has 1 aromatic heterocycles. The van der Waals surface area contributed by atoms with Crippen molar-refractivity contribution in [1.82, 2.24) is 19.4 Å². The van der Waals surface area contributed by atoms with Crippen molar-refractivity contribution in [3.63, 3.8) is 0 Å². The third-order valence-electron chi connectivity index (χ3n) is 5.33. The Balaban J connectivity index is 1.34. The minimum Gasteiger partial charge on any atom is -0.333 e. The Morgan fingerprint density at radius 3 is 2.52 bits per heavy atom. The maximum absolute atomic E-state index is 12.7. The predicted octanol–water partition coefficient (Wildman–Crippen LogP) is 2.93. The van der Waals surface area contributed by atoms with Crippen LogP contribution >= 0.6 is 0 Å². The van der Waals surface area contributed by atoms with E-state index in [0.29, 0.717) is 12.1 Å². The predicted molar refractivity (Wildman–Crippen MR) is 115 cm³/mol. The third kappa shape index (κ3) is 5.31. The summed E-state index contributed by atoms with van der Waals surface area (Å²) in [4.78, 5) is 21.5. The van der Waals surface area contributed by atoms with Crippen molar-refractivity contribution in [3.05, 3.63) is 83.9 Å². The zero-order chi connectivity index (χ0) is 20.1. The Labute approximate surface area is 171 Å². The smallest absolute Gasteiger partial charge is 0.255 e. The Morgan fingerprint density at radius 2 is 1.79 bits per heavy atom. The Kier molecular flexibility index (Phi) is 6.03. The van der Waals surface area contributed by atoms with Crippen LogP contribution in [0.25, 0.3) is 0 Å². The highest BCUT2D eigenvalue weighted by Crippen LogP contribution is 2.15. The van der Waals surface area contributed by atoms with Crippen molar-refractivity contribution in [2.45, 2.75) is 13.1 Å². The molecular weight excluding hydrogens is 362 g/mol. The highest BCUT2D eigenvalue weighted by molar-refractivity contribution is 6.04. The van der Waals surface area contributed by atoms with Gasteiger partial charge in [-0.2, -0.15) is 0 Å². The quantitative estimate of drug-likeness (QED) is 0.704. The molecule has 3 aromatic rings. The Hall–Kier alpha value is -2.96. The van der Waals surface area contributed by atoms with E-state index < -0.39 is 0 Å². The lowest BCUT2D eigenvalue weighted by Gasteiger charge is -2.32. The van der Waals surface area contributed by atoms with Gasteiger partial charge in [0, 0.05) is 62.9 Å². The van der Waals surface area contributed by atoms with Crippen molar-refractivity contribution in [2.24, 2.45) is 0 Å². The molecule has 0 bridgehead atoms. The maximum atomic E-state index is 12.7. The van der Waals surface area contributed by atoms with Crippen LogP contribution < -0.4 is 5.32 Å². The first-order valence-corrected chi connectivity index (χ1v) is 10.0. The number of aromatic nitrogens is 2. The van der Waals surface area contributed by atoms with Gasteiger partial charge in [0.2, 0.25) is 0 Å². The molecule has 1 N–H and O–H groups in total. The van der Waals surface area contributed by atoms with Crippen LogP contribution in [0.5, 0.6) is 0 Å². The first-order chi connectivity index (χ1) is 14.2. The van der Waals surface area contributed by atoms with E-state index in [2.05, 4.69) is 39.3 Å². The van der Waals surface area contributed by atoms with Gasteiger partial charge in [-0.15, -0.1) is 0 Å². The van der Waals surface area contributed by atoms with Gasteiger partial charge in [-0.1, -0.05) is 24.3 Å². The van der Waals surface area contributed by atoms with Gasteiger partial charge in [0.05, 0.1) is 6.33 Å². The van der Waals surface area contributed by atoms with E-state index in [1.807, 2.05) is 47.2 Å². The zero-order valence-corrected chi connectivity index (χ0v) is 16.8. The van der Waals surface area contributed by atoms with Crippen LogP contribution in [0.15, 0.2) is 67.3 Å². The number of benzene rings is 2. The molecule has 150 valence electrons. The standard InChI is InChI=1S/C23H27N5O/c1-26-11-13-27(14-12-26)16-19-5-7-22(8-6-19)25-23(29)21-4-2-3-20(15-21)17-28-10-9-24-18-28/h2-10,15,18H,11-14,16-17H2,1H3,(H,25,29). The number of nitrogens with one attached hydrogen (secondary N) is 1. The second kappa shape index (κ2) is 9.03. The largest absolute Gasteiger partial charge is 0.333 e. The minimum atomic E-state index is -0.0932. The highest BCUT2D eigenvalue weighted by atomic mass is 16.1. The molecule has 6 nitrogen and oxygen atoms in total. The number of imidazole rings is 1. The van der Waals surface area contributed by atoms with Crippen LogP contribution in [0.2, 0.25) is 0 Å². The lowest BCUT2D eigenvalue weighted by atomic mass is 10.1. The molecule has 0 radical (unpaired) electrons. The molecule has 2 aromatic carbocycles. The summed E-state index contributed by atoms with van der Waals surface area (Å²) in [5.74, 6) is -0.0932. The van der Waals surface area contributed by atoms with Gasteiger partial charge in [0.1, 0.15) is 0 Å². The molecule has 1 aliphatic heterocycles. The molecule has 0 unspecified atom stereocenters. The summed E-state index contributed by atoms with van der Waals surface area (Å²) in [6, 6.07) is 15.9. The minimum absolute atomic E-state index is 0.0932. The number of hydrogen-bond donors (Lipinski definition) is 1. The summed E-state index contributed by atoms with van der Waals surface area (Å²) < 4.78 is 1.98. The van der Waals surface area contributed by atoms with Gasteiger partial charge in [-0.25, -0.2) is 4.98 Å². The molecule has 0 spiro atoms. The van der Waals surface area contributed by atoms with Gasteiger partial charge in [0.15, 0.2) is 0 Å². The van der Waals surface area contributed by atoms with Crippen molar-refractivity contribution in [1.29, 1.82) is 0 Å². The average Bonchev–Trinajstić information content (AvgIpc) is 3.24. The lowest BCUT2D eigenvalue weighted by Crippen LogP contribution is -2.43. The van der Waals surface area contributed by atoms with Crippen molar-refractivity contribution < 1.29 is 4.79 Å². The Morgan fingerprint density at radius 1 is 1.00 bits per heavy atom. The van der Waals surface area contributed by atoms with E-state index >= 15 is 0 Å². The maximum Gasteiger partial charge on any atom is 0.255 e. The molecule has 1 saturated heterocycles. The van der Waals surface area contributed by atoms with E-state index in [1.54, 1.807) is 12.5 Å². The normalized spacial score (nSPS) is 15.3. The molecule has 0 aliphatic carbocycles. The molecule has 6 heteroatoms.